The van der Waals surface area contributed by atoms with E-state index in [1.807, 2.05) is 0 Å². The lowest BCUT2D eigenvalue weighted by molar-refractivity contribution is -0.141. The van der Waals surface area contributed by atoms with E-state index in [9.17, 15) is 22.8 Å². The van der Waals surface area contributed by atoms with Gasteiger partial charge in [-0.05, 0) is 24.1 Å². The van der Waals surface area contributed by atoms with Gasteiger partial charge in [0.05, 0.1) is 0 Å². The van der Waals surface area contributed by atoms with E-state index >= 15 is 0 Å². The van der Waals surface area contributed by atoms with Crippen LogP contribution >= 0.6 is 0 Å². The number of carbonyl (C=O) groups excluding carboxylic acids is 2. The molecule has 0 aliphatic heterocycles. The predicted octanol–water partition coefficient (Wildman–Crippen LogP) is 2.84. The Hall–Kier alpha value is -2.25. The largest absolute Gasteiger partial charge is 0.406 e. The molecule has 0 aromatic heterocycles. The Labute approximate surface area is 126 Å². The van der Waals surface area contributed by atoms with E-state index in [-0.39, 0.29) is 23.7 Å². The Bertz CT molecular complexity index is 544. The third-order valence-electron chi connectivity index (χ3n) is 2.62. The van der Waals surface area contributed by atoms with Crippen LogP contribution in [0.4, 0.5) is 23.7 Å². The van der Waals surface area contributed by atoms with Gasteiger partial charge < -0.3 is 16.0 Å². The zero-order chi connectivity index (χ0) is 16.9. The number of carbonyl (C=O) groups is 2. The number of anilines is 1. The molecule has 0 saturated carbocycles. The standard InChI is InChI=1S/C14H18F3N3O2/c1-9(2)7-20(8-14(15,16)17)12(21)10-4-3-5-11(6-10)19-13(18)22/h3-6,9H,7-8H2,1-2H3,(H3,18,19,22). The first-order chi connectivity index (χ1) is 10.1. The maximum absolute atomic E-state index is 12.6. The summed E-state index contributed by atoms with van der Waals surface area (Å²) in [6.45, 7) is 2.10. The summed E-state index contributed by atoms with van der Waals surface area (Å²) in [5, 5.41) is 2.27. The fourth-order valence-corrected chi connectivity index (χ4v) is 1.93. The number of amides is 3. The zero-order valence-electron chi connectivity index (χ0n) is 12.3. The quantitative estimate of drug-likeness (QED) is 0.876. The van der Waals surface area contributed by atoms with Gasteiger partial charge >= 0.3 is 12.2 Å². The molecule has 8 heteroatoms. The summed E-state index contributed by atoms with van der Waals surface area (Å²) in [5.41, 5.74) is 5.26. The van der Waals surface area contributed by atoms with E-state index in [0.29, 0.717) is 0 Å². The minimum Gasteiger partial charge on any atom is -0.351 e. The normalized spacial score (nSPS) is 11.4. The Morgan fingerprint density at radius 3 is 2.45 bits per heavy atom. The van der Waals surface area contributed by atoms with Crippen LogP contribution in [0.5, 0.6) is 0 Å². The number of nitrogens with zero attached hydrogens (tertiary/aromatic N) is 1. The first-order valence-electron chi connectivity index (χ1n) is 6.61. The van der Waals surface area contributed by atoms with Gasteiger partial charge in [-0.25, -0.2) is 4.79 Å². The number of rotatable bonds is 5. The van der Waals surface area contributed by atoms with Gasteiger partial charge in [0, 0.05) is 17.8 Å². The number of nitrogens with two attached hydrogens (primary N) is 1. The maximum Gasteiger partial charge on any atom is 0.406 e. The summed E-state index contributed by atoms with van der Waals surface area (Å²) in [5.74, 6) is -0.864. The van der Waals surface area contributed by atoms with E-state index in [1.54, 1.807) is 13.8 Å². The van der Waals surface area contributed by atoms with E-state index in [4.69, 9.17) is 5.73 Å². The average molecular weight is 317 g/mol. The van der Waals surface area contributed by atoms with Crippen LogP contribution in [0.2, 0.25) is 0 Å². The summed E-state index contributed by atoms with van der Waals surface area (Å²) < 4.78 is 37.8. The Morgan fingerprint density at radius 2 is 1.95 bits per heavy atom. The summed E-state index contributed by atoms with van der Waals surface area (Å²) in [6, 6.07) is 4.80. The van der Waals surface area contributed by atoms with Crippen molar-refractivity contribution in [1.82, 2.24) is 4.90 Å². The van der Waals surface area contributed by atoms with Crippen molar-refractivity contribution in [2.75, 3.05) is 18.4 Å². The van der Waals surface area contributed by atoms with Gasteiger partial charge in [0.1, 0.15) is 6.54 Å². The van der Waals surface area contributed by atoms with Crippen molar-refractivity contribution in [3.05, 3.63) is 29.8 Å². The van der Waals surface area contributed by atoms with Crippen LogP contribution in [-0.2, 0) is 0 Å². The number of benzene rings is 1. The van der Waals surface area contributed by atoms with Crippen molar-refractivity contribution >= 4 is 17.6 Å². The maximum atomic E-state index is 12.6. The van der Waals surface area contributed by atoms with Gasteiger partial charge in [0.15, 0.2) is 0 Å². The van der Waals surface area contributed by atoms with Crippen molar-refractivity contribution in [3.8, 4) is 0 Å². The van der Waals surface area contributed by atoms with Crippen LogP contribution in [-0.4, -0.2) is 36.1 Å². The molecule has 3 amide bonds. The molecule has 22 heavy (non-hydrogen) atoms. The summed E-state index contributed by atoms with van der Waals surface area (Å²) >= 11 is 0. The molecule has 0 spiro atoms. The summed E-state index contributed by atoms with van der Waals surface area (Å²) in [6.07, 6.45) is -4.48. The highest BCUT2D eigenvalue weighted by atomic mass is 19.4. The van der Waals surface area contributed by atoms with Crippen molar-refractivity contribution in [2.45, 2.75) is 20.0 Å². The zero-order valence-corrected chi connectivity index (χ0v) is 12.3. The smallest absolute Gasteiger partial charge is 0.351 e. The van der Waals surface area contributed by atoms with Crippen LogP contribution in [0.15, 0.2) is 24.3 Å². The number of alkyl halides is 3. The van der Waals surface area contributed by atoms with E-state index in [0.717, 1.165) is 4.90 Å². The van der Waals surface area contributed by atoms with Gasteiger partial charge in [0.2, 0.25) is 0 Å². The molecule has 0 saturated heterocycles. The van der Waals surface area contributed by atoms with Crippen molar-refractivity contribution in [3.63, 3.8) is 0 Å². The number of halogens is 3. The molecule has 0 aliphatic rings. The third kappa shape index (κ3) is 6.02. The molecule has 0 atom stereocenters. The lowest BCUT2D eigenvalue weighted by Gasteiger charge is -2.26. The van der Waals surface area contributed by atoms with Gasteiger partial charge in [0.25, 0.3) is 5.91 Å². The number of urea groups is 1. The number of hydrogen-bond donors (Lipinski definition) is 2. The molecule has 0 unspecified atom stereocenters. The highest BCUT2D eigenvalue weighted by Gasteiger charge is 2.33. The van der Waals surface area contributed by atoms with Gasteiger partial charge in [-0.15, -0.1) is 0 Å². The minimum atomic E-state index is -4.48. The van der Waals surface area contributed by atoms with Crippen molar-refractivity contribution < 1.29 is 22.8 Å². The molecular formula is C14H18F3N3O2. The molecule has 0 heterocycles. The predicted molar refractivity (Wildman–Crippen MR) is 76.4 cm³/mol. The first kappa shape index (κ1) is 17.8. The highest BCUT2D eigenvalue weighted by molar-refractivity contribution is 5.96. The molecule has 1 aromatic carbocycles. The van der Waals surface area contributed by atoms with Crippen molar-refractivity contribution in [1.29, 1.82) is 0 Å². The molecule has 0 aliphatic carbocycles. The van der Waals surface area contributed by atoms with Gasteiger partial charge in [-0.1, -0.05) is 19.9 Å². The SMILES string of the molecule is CC(C)CN(CC(F)(F)F)C(=O)c1cccc(NC(N)=O)c1. The van der Waals surface area contributed by atoms with E-state index in [2.05, 4.69) is 5.32 Å². The fraction of sp³-hybridized carbons (Fsp3) is 0.429. The molecule has 1 rings (SSSR count). The van der Waals surface area contributed by atoms with Gasteiger partial charge in [-0.3, -0.25) is 4.79 Å². The minimum absolute atomic E-state index is 0.0220. The van der Waals surface area contributed by atoms with Crippen LogP contribution in [0.25, 0.3) is 0 Å². The second-order valence-electron chi connectivity index (χ2n) is 5.26. The monoisotopic (exact) mass is 317 g/mol. The molecule has 0 fully saturated rings. The molecule has 0 radical (unpaired) electrons. The van der Waals surface area contributed by atoms with Crippen molar-refractivity contribution in [2.24, 2.45) is 11.7 Å². The second kappa shape index (κ2) is 7.15. The summed E-state index contributed by atoms with van der Waals surface area (Å²) in [4.78, 5) is 23.8. The van der Waals surface area contributed by atoms with E-state index in [1.165, 1.54) is 24.3 Å². The lowest BCUT2D eigenvalue weighted by atomic mass is 10.1. The molecule has 5 nitrogen and oxygen atoms in total. The topological polar surface area (TPSA) is 75.4 Å². The molecule has 1 aromatic rings. The first-order valence-corrected chi connectivity index (χ1v) is 6.61. The number of nitrogens with one attached hydrogen (secondary N) is 1. The third-order valence-corrected chi connectivity index (χ3v) is 2.62. The molecule has 122 valence electrons. The Kier molecular flexibility index (Phi) is 5.78. The number of hydrogen-bond acceptors (Lipinski definition) is 2. The Balaban J connectivity index is 2.99. The molecular weight excluding hydrogens is 299 g/mol. The van der Waals surface area contributed by atoms with Crippen LogP contribution in [0, 0.1) is 5.92 Å². The highest BCUT2D eigenvalue weighted by Crippen LogP contribution is 2.20. The van der Waals surface area contributed by atoms with Gasteiger partial charge in [-0.2, -0.15) is 13.2 Å². The fourth-order valence-electron chi connectivity index (χ4n) is 1.93. The summed E-state index contributed by atoms with van der Waals surface area (Å²) in [7, 11) is 0. The molecule has 3 N–H and O–H groups in total. The Morgan fingerprint density at radius 1 is 1.32 bits per heavy atom. The van der Waals surface area contributed by atoms with Crippen LogP contribution in [0.1, 0.15) is 24.2 Å². The molecule has 0 bridgehead atoms. The van der Waals surface area contributed by atoms with Crippen LogP contribution in [0.3, 0.4) is 0 Å². The van der Waals surface area contributed by atoms with E-state index < -0.39 is 24.7 Å². The lowest BCUT2D eigenvalue weighted by Crippen LogP contribution is -2.41. The second-order valence-corrected chi connectivity index (χ2v) is 5.26. The number of primary amides is 1. The average Bonchev–Trinajstić information content (AvgIpc) is 2.34. The van der Waals surface area contributed by atoms with Crippen LogP contribution < -0.4 is 11.1 Å².